The molecule has 0 spiro atoms. The predicted octanol–water partition coefficient (Wildman–Crippen LogP) is 1.01. The Morgan fingerprint density at radius 3 is 2.67 bits per heavy atom. The van der Waals surface area contributed by atoms with E-state index >= 15 is 0 Å². The van der Waals surface area contributed by atoms with Crippen molar-refractivity contribution in [2.45, 2.75) is 33.7 Å². The molecule has 2 N–H and O–H groups in total. The van der Waals surface area contributed by atoms with Crippen LogP contribution >= 0.6 is 0 Å². The summed E-state index contributed by atoms with van der Waals surface area (Å²) in [7, 11) is 1.80. The zero-order valence-corrected chi connectivity index (χ0v) is 12.8. The van der Waals surface area contributed by atoms with Crippen LogP contribution in [0.5, 0.6) is 0 Å². The topological polar surface area (TPSA) is 89.7 Å². The number of amides is 2. The molecule has 2 amide bonds. The number of carbonyl (C=O) groups excluding carboxylic acids is 1. The number of nitrogens with one attached hydrogen (secondary N) is 2. The van der Waals surface area contributed by atoms with Crippen LogP contribution in [0, 0.1) is 13.8 Å². The SMILES string of the molecule is CCc1nc(NC(=O)NCCn2nc(C)cc2C)nn1C. The molecule has 0 aliphatic heterocycles. The molecule has 0 aliphatic carbocycles. The van der Waals surface area contributed by atoms with E-state index in [0.29, 0.717) is 19.0 Å². The Kier molecular flexibility index (Phi) is 4.56. The van der Waals surface area contributed by atoms with E-state index in [0.717, 1.165) is 23.6 Å². The Hall–Kier alpha value is -2.38. The van der Waals surface area contributed by atoms with Crippen LogP contribution in [0.15, 0.2) is 6.07 Å². The van der Waals surface area contributed by atoms with Gasteiger partial charge in [-0.1, -0.05) is 6.92 Å². The number of hydrogen-bond acceptors (Lipinski definition) is 4. The Labute approximate surface area is 123 Å². The van der Waals surface area contributed by atoms with Crippen LogP contribution in [0.25, 0.3) is 0 Å². The van der Waals surface area contributed by atoms with Crippen LogP contribution in [-0.4, -0.2) is 37.1 Å². The molecular formula is C13H21N7O. The third kappa shape index (κ3) is 3.80. The molecule has 0 saturated heterocycles. The highest BCUT2D eigenvalue weighted by molar-refractivity contribution is 5.87. The van der Waals surface area contributed by atoms with Gasteiger partial charge in [0.2, 0.25) is 5.95 Å². The summed E-state index contributed by atoms with van der Waals surface area (Å²) < 4.78 is 3.52. The first-order chi connectivity index (χ1) is 9.99. The summed E-state index contributed by atoms with van der Waals surface area (Å²) in [4.78, 5) is 16.0. The molecule has 2 rings (SSSR count). The van der Waals surface area contributed by atoms with Gasteiger partial charge in [-0.2, -0.15) is 10.1 Å². The fraction of sp³-hybridized carbons (Fsp3) is 0.538. The Bertz CT molecular complexity index is 628. The molecule has 0 aromatic carbocycles. The van der Waals surface area contributed by atoms with Gasteiger partial charge in [0.1, 0.15) is 5.82 Å². The minimum atomic E-state index is -0.315. The molecule has 2 aromatic heterocycles. The maximum atomic E-state index is 11.8. The summed E-state index contributed by atoms with van der Waals surface area (Å²) in [5.74, 6) is 1.14. The zero-order chi connectivity index (χ0) is 15.4. The van der Waals surface area contributed by atoms with Gasteiger partial charge in [0, 0.05) is 25.7 Å². The normalized spacial score (nSPS) is 10.7. The lowest BCUT2D eigenvalue weighted by atomic mass is 10.4. The second-order valence-electron chi connectivity index (χ2n) is 4.86. The van der Waals surface area contributed by atoms with Crippen LogP contribution in [0.3, 0.4) is 0 Å². The lowest BCUT2D eigenvalue weighted by Gasteiger charge is -2.06. The fourth-order valence-corrected chi connectivity index (χ4v) is 2.10. The van der Waals surface area contributed by atoms with Crippen molar-refractivity contribution < 1.29 is 4.79 Å². The highest BCUT2D eigenvalue weighted by atomic mass is 16.2. The van der Waals surface area contributed by atoms with Crippen molar-refractivity contribution in [3.8, 4) is 0 Å². The first-order valence-electron chi connectivity index (χ1n) is 6.95. The Balaban J connectivity index is 1.80. The van der Waals surface area contributed by atoms with Crippen LogP contribution < -0.4 is 10.6 Å². The standard InChI is InChI=1S/C13H21N7O/c1-5-11-15-12(18-19(11)4)16-13(21)14-6-7-20-10(3)8-9(2)17-20/h8H,5-7H2,1-4H3,(H2,14,16,18,21). The second kappa shape index (κ2) is 6.38. The van der Waals surface area contributed by atoms with Crippen LogP contribution in [0.2, 0.25) is 0 Å². The van der Waals surface area contributed by atoms with E-state index in [9.17, 15) is 4.79 Å². The minimum Gasteiger partial charge on any atom is -0.336 e. The Morgan fingerprint density at radius 2 is 2.10 bits per heavy atom. The predicted molar refractivity (Wildman–Crippen MR) is 79.1 cm³/mol. The van der Waals surface area contributed by atoms with Gasteiger partial charge in [0.25, 0.3) is 0 Å². The summed E-state index contributed by atoms with van der Waals surface area (Å²) in [5, 5.41) is 13.8. The monoisotopic (exact) mass is 291 g/mol. The molecule has 114 valence electrons. The van der Waals surface area contributed by atoms with Gasteiger partial charge >= 0.3 is 6.03 Å². The molecule has 0 aliphatic rings. The third-order valence-corrected chi connectivity index (χ3v) is 3.11. The zero-order valence-electron chi connectivity index (χ0n) is 12.8. The van der Waals surface area contributed by atoms with Crippen molar-refractivity contribution in [1.82, 2.24) is 29.9 Å². The Morgan fingerprint density at radius 1 is 1.33 bits per heavy atom. The molecule has 0 saturated carbocycles. The van der Waals surface area contributed by atoms with Gasteiger partial charge in [0.15, 0.2) is 0 Å². The van der Waals surface area contributed by atoms with Crippen molar-refractivity contribution in [2.24, 2.45) is 7.05 Å². The largest absolute Gasteiger partial charge is 0.336 e. The maximum Gasteiger partial charge on any atom is 0.321 e. The molecule has 0 bridgehead atoms. The highest BCUT2D eigenvalue weighted by Gasteiger charge is 2.08. The summed E-state index contributed by atoms with van der Waals surface area (Å²) >= 11 is 0. The molecule has 0 unspecified atom stereocenters. The van der Waals surface area contributed by atoms with Gasteiger partial charge in [-0.25, -0.2) is 4.79 Å². The summed E-state index contributed by atoms with van der Waals surface area (Å²) in [6.07, 6.45) is 0.769. The van der Waals surface area contributed by atoms with E-state index in [1.807, 2.05) is 31.5 Å². The van der Waals surface area contributed by atoms with Crippen molar-refractivity contribution >= 4 is 12.0 Å². The number of carbonyl (C=O) groups is 1. The van der Waals surface area contributed by atoms with Gasteiger partial charge in [0.05, 0.1) is 12.2 Å². The summed E-state index contributed by atoms with van der Waals surface area (Å²) in [6.45, 7) is 7.04. The number of rotatable bonds is 5. The number of hydrogen-bond donors (Lipinski definition) is 2. The van der Waals surface area contributed by atoms with E-state index < -0.39 is 0 Å². The highest BCUT2D eigenvalue weighted by Crippen LogP contribution is 2.02. The molecule has 0 radical (unpaired) electrons. The molecule has 8 heteroatoms. The van der Waals surface area contributed by atoms with Crippen LogP contribution in [0.1, 0.15) is 24.1 Å². The molecule has 21 heavy (non-hydrogen) atoms. The van der Waals surface area contributed by atoms with Crippen molar-refractivity contribution in [3.63, 3.8) is 0 Å². The van der Waals surface area contributed by atoms with Gasteiger partial charge < -0.3 is 5.32 Å². The molecule has 0 atom stereocenters. The first-order valence-corrected chi connectivity index (χ1v) is 6.95. The van der Waals surface area contributed by atoms with Crippen molar-refractivity contribution in [2.75, 3.05) is 11.9 Å². The number of aryl methyl sites for hydroxylation is 4. The molecule has 0 fully saturated rings. The average molecular weight is 291 g/mol. The minimum absolute atomic E-state index is 0.315. The number of anilines is 1. The number of aromatic nitrogens is 5. The number of urea groups is 1. The van der Waals surface area contributed by atoms with E-state index in [4.69, 9.17) is 0 Å². The average Bonchev–Trinajstić information content (AvgIpc) is 2.92. The molecule has 2 heterocycles. The van der Waals surface area contributed by atoms with Crippen LogP contribution in [0.4, 0.5) is 10.7 Å². The maximum absolute atomic E-state index is 11.8. The molecular weight excluding hydrogens is 270 g/mol. The quantitative estimate of drug-likeness (QED) is 0.860. The van der Waals surface area contributed by atoms with Crippen LogP contribution in [-0.2, 0) is 20.0 Å². The van der Waals surface area contributed by atoms with Gasteiger partial charge in [-0.15, -0.1) is 5.10 Å². The lowest BCUT2D eigenvalue weighted by Crippen LogP contribution is -2.32. The van der Waals surface area contributed by atoms with Gasteiger partial charge in [-0.05, 0) is 19.9 Å². The summed E-state index contributed by atoms with van der Waals surface area (Å²) in [6, 6.07) is 1.69. The van der Waals surface area contributed by atoms with Crippen molar-refractivity contribution in [3.05, 3.63) is 23.3 Å². The van der Waals surface area contributed by atoms with E-state index in [1.54, 1.807) is 11.7 Å². The second-order valence-corrected chi connectivity index (χ2v) is 4.86. The van der Waals surface area contributed by atoms with E-state index in [2.05, 4.69) is 25.8 Å². The van der Waals surface area contributed by atoms with E-state index in [-0.39, 0.29) is 6.03 Å². The first kappa shape index (κ1) is 15.0. The van der Waals surface area contributed by atoms with E-state index in [1.165, 1.54) is 0 Å². The fourth-order valence-electron chi connectivity index (χ4n) is 2.10. The third-order valence-electron chi connectivity index (χ3n) is 3.11. The summed E-state index contributed by atoms with van der Waals surface area (Å²) in [5.41, 5.74) is 2.05. The molecule has 8 nitrogen and oxygen atoms in total. The van der Waals surface area contributed by atoms with Gasteiger partial charge in [-0.3, -0.25) is 14.7 Å². The smallest absolute Gasteiger partial charge is 0.321 e. The van der Waals surface area contributed by atoms with Crippen molar-refractivity contribution in [1.29, 1.82) is 0 Å². The number of nitrogens with zero attached hydrogens (tertiary/aromatic N) is 5. The lowest BCUT2D eigenvalue weighted by molar-refractivity contribution is 0.251. The molecule has 2 aromatic rings.